The van der Waals surface area contributed by atoms with Gasteiger partial charge in [0.2, 0.25) is 17.7 Å². The second-order valence-electron chi connectivity index (χ2n) is 11.0. The molecule has 8 nitrogen and oxygen atoms in total. The lowest BCUT2D eigenvalue weighted by Gasteiger charge is -2.41. The summed E-state index contributed by atoms with van der Waals surface area (Å²) in [6.45, 7) is 8.18. The molecule has 2 heterocycles. The Kier molecular flexibility index (Phi) is 9.11. The molecule has 3 aromatic carbocycles. The van der Waals surface area contributed by atoms with Gasteiger partial charge in [0.1, 0.15) is 6.04 Å². The van der Waals surface area contributed by atoms with Crippen LogP contribution in [0.25, 0.3) is 0 Å². The maximum atomic E-state index is 13.5. The summed E-state index contributed by atoms with van der Waals surface area (Å²) in [6.07, 6.45) is -0.0753. The van der Waals surface area contributed by atoms with Crippen LogP contribution in [0, 0.1) is 13.8 Å². The van der Waals surface area contributed by atoms with Crippen LogP contribution in [0.5, 0.6) is 0 Å². The van der Waals surface area contributed by atoms with Crippen molar-refractivity contribution in [3.05, 3.63) is 101 Å². The number of carbonyl (C=O) groups is 3. The minimum absolute atomic E-state index is 0.0753. The molecular formula is C33H39N5O3. The van der Waals surface area contributed by atoms with Gasteiger partial charge in [-0.3, -0.25) is 24.2 Å². The smallest absolute Gasteiger partial charge is 0.243 e. The number of amides is 3. The minimum Gasteiger partial charge on any atom is -0.353 e. The standard InChI is InChI=1S/C33H39N5O3/c1-24-13-14-28(21-25(24)2)35-30(39)22-29-33(41)34-15-16-38(29)31(40)23-36-17-19-37(20-18-36)32(26-9-5-3-6-10-26)27-11-7-4-8-12-27/h3-14,21,29,32H,15-20,22-23H2,1-2H3,(H,34,41)(H,35,39)/t29-/m0/s1. The van der Waals surface area contributed by atoms with Crippen LogP contribution >= 0.6 is 0 Å². The largest absolute Gasteiger partial charge is 0.353 e. The molecule has 3 aromatic rings. The van der Waals surface area contributed by atoms with E-state index in [1.54, 1.807) is 4.90 Å². The third-order valence-electron chi connectivity index (χ3n) is 8.18. The molecule has 0 radical (unpaired) electrons. The molecule has 0 bridgehead atoms. The van der Waals surface area contributed by atoms with Gasteiger partial charge in [0.15, 0.2) is 0 Å². The highest BCUT2D eigenvalue weighted by atomic mass is 16.2. The third-order valence-corrected chi connectivity index (χ3v) is 8.18. The number of nitrogens with one attached hydrogen (secondary N) is 2. The van der Waals surface area contributed by atoms with E-state index in [-0.39, 0.29) is 36.7 Å². The molecule has 0 saturated carbocycles. The normalized spacial score (nSPS) is 18.3. The van der Waals surface area contributed by atoms with Gasteiger partial charge in [-0.05, 0) is 48.2 Å². The van der Waals surface area contributed by atoms with Gasteiger partial charge in [-0.1, -0.05) is 66.7 Å². The lowest BCUT2D eigenvalue weighted by Crippen LogP contribution is -2.60. The second-order valence-corrected chi connectivity index (χ2v) is 11.0. The molecule has 3 amide bonds. The molecule has 2 aliphatic heterocycles. The van der Waals surface area contributed by atoms with Crippen LogP contribution in [0.4, 0.5) is 5.69 Å². The fourth-order valence-electron chi connectivity index (χ4n) is 5.77. The fraction of sp³-hybridized carbons (Fsp3) is 0.364. The van der Waals surface area contributed by atoms with Crippen molar-refractivity contribution >= 4 is 23.4 Å². The van der Waals surface area contributed by atoms with Gasteiger partial charge >= 0.3 is 0 Å². The zero-order valence-electron chi connectivity index (χ0n) is 23.9. The average Bonchev–Trinajstić information content (AvgIpc) is 2.98. The highest BCUT2D eigenvalue weighted by Crippen LogP contribution is 2.29. The molecule has 2 fully saturated rings. The molecule has 0 spiro atoms. The number of anilines is 1. The summed E-state index contributed by atoms with van der Waals surface area (Å²) in [5, 5.41) is 5.71. The van der Waals surface area contributed by atoms with Gasteiger partial charge in [0.25, 0.3) is 0 Å². The molecule has 214 valence electrons. The van der Waals surface area contributed by atoms with Crippen LogP contribution in [0.2, 0.25) is 0 Å². The van der Waals surface area contributed by atoms with Crippen LogP contribution in [-0.4, -0.2) is 84.3 Å². The second kappa shape index (κ2) is 13.1. The summed E-state index contributed by atoms with van der Waals surface area (Å²) < 4.78 is 0. The number of hydrogen-bond acceptors (Lipinski definition) is 5. The highest BCUT2D eigenvalue weighted by molar-refractivity contribution is 5.97. The van der Waals surface area contributed by atoms with E-state index in [1.165, 1.54) is 11.1 Å². The first-order chi connectivity index (χ1) is 19.9. The number of benzene rings is 3. The number of carbonyl (C=O) groups excluding carboxylic acids is 3. The Hall–Kier alpha value is -4.01. The summed E-state index contributed by atoms with van der Waals surface area (Å²) in [5.74, 6) is -0.673. The van der Waals surface area contributed by atoms with Gasteiger partial charge in [0.05, 0.1) is 19.0 Å². The van der Waals surface area contributed by atoms with Crippen molar-refractivity contribution in [2.75, 3.05) is 51.1 Å². The van der Waals surface area contributed by atoms with Crippen LogP contribution in [-0.2, 0) is 14.4 Å². The Labute approximate surface area is 242 Å². The van der Waals surface area contributed by atoms with Gasteiger partial charge in [0, 0.05) is 45.0 Å². The quantitative estimate of drug-likeness (QED) is 0.447. The first-order valence-corrected chi connectivity index (χ1v) is 14.4. The van der Waals surface area contributed by atoms with Crippen LogP contribution in [0.3, 0.4) is 0 Å². The lowest BCUT2D eigenvalue weighted by molar-refractivity contribution is -0.145. The van der Waals surface area contributed by atoms with E-state index in [9.17, 15) is 14.4 Å². The van der Waals surface area contributed by atoms with Crippen molar-refractivity contribution in [3.8, 4) is 0 Å². The van der Waals surface area contributed by atoms with Crippen LogP contribution < -0.4 is 10.6 Å². The van der Waals surface area contributed by atoms with Gasteiger partial charge < -0.3 is 15.5 Å². The summed E-state index contributed by atoms with van der Waals surface area (Å²) in [7, 11) is 0. The predicted octanol–water partition coefficient (Wildman–Crippen LogP) is 3.37. The summed E-state index contributed by atoms with van der Waals surface area (Å²) in [6, 6.07) is 26.1. The molecule has 8 heteroatoms. The Morgan fingerprint density at radius 3 is 2.10 bits per heavy atom. The van der Waals surface area contributed by atoms with Crippen molar-refractivity contribution < 1.29 is 14.4 Å². The number of hydrogen-bond donors (Lipinski definition) is 2. The molecule has 1 atom stereocenters. The third kappa shape index (κ3) is 7.01. The first-order valence-electron chi connectivity index (χ1n) is 14.4. The van der Waals surface area contributed by atoms with Gasteiger partial charge in [-0.25, -0.2) is 0 Å². The molecule has 0 aromatic heterocycles. The molecule has 2 aliphatic rings. The molecule has 5 rings (SSSR count). The van der Waals surface area contributed by atoms with E-state index in [2.05, 4.69) is 69.0 Å². The van der Waals surface area contributed by atoms with Crippen molar-refractivity contribution in [1.29, 1.82) is 0 Å². The number of piperazine rings is 2. The van der Waals surface area contributed by atoms with Gasteiger partial charge in [-0.2, -0.15) is 0 Å². The average molecular weight is 554 g/mol. The Bertz CT molecular complexity index is 1320. The molecule has 0 unspecified atom stereocenters. The molecule has 41 heavy (non-hydrogen) atoms. The highest BCUT2D eigenvalue weighted by Gasteiger charge is 2.36. The summed E-state index contributed by atoms with van der Waals surface area (Å²) in [5.41, 5.74) is 5.42. The Morgan fingerprint density at radius 1 is 0.854 bits per heavy atom. The fourth-order valence-corrected chi connectivity index (χ4v) is 5.77. The van der Waals surface area contributed by atoms with E-state index in [0.29, 0.717) is 18.8 Å². The van der Waals surface area contributed by atoms with Crippen molar-refractivity contribution in [1.82, 2.24) is 20.0 Å². The van der Waals surface area contributed by atoms with Crippen molar-refractivity contribution in [3.63, 3.8) is 0 Å². The number of rotatable bonds is 8. The minimum atomic E-state index is -0.815. The zero-order valence-corrected chi connectivity index (χ0v) is 23.9. The maximum Gasteiger partial charge on any atom is 0.243 e. The van der Waals surface area contributed by atoms with E-state index in [1.807, 2.05) is 44.2 Å². The number of aryl methyl sites for hydroxylation is 2. The van der Waals surface area contributed by atoms with Crippen molar-refractivity contribution in [2.45, 2.75) is 32.4 Å². The predicted molar refractivity (Wildman–Crippen MR) is 160 cm³/mol. The van der Waals surface area contributed by atoms with Gasteiger partial charge in [-0.15, -0.1) is 0 Å². The molecular weight excluding hydrogens is 514 g/mol. The maximum absolute atomic E-state index is 13.5. The Morgan fingerprint density at radius 2 is 1.49 bits per heavy atom. The topological polar surface area (TPSA) is 85.0 Å². The summed E-state index contributed by atoms with van der Waals surface area (Å²) >= 11 is 0. The molecule has 2 saturated heterocycles. The number of nitrogens with zero attached hydrogens (tertiary/aromatic N) is 3. The first kappa shape index (κ1) is 28.5. The SMILES string of the molecule is Cc1ccc(NC(=O)C[C@H]2C(=O)NCCN2C(=O)CN2CCN(C(c3ccccc3)c3ccccc3)CC2)cc1C. The van der Waals surface area contributed by atoms with E-state index < -0.39 is 6.04 Å². The summed E-state index contributed by atoms with van der Waals surface area (Å²) in [4.78, 5) is 45.3. The Balaban J connectivity index is 1.19. The van der Waals surface area contributed by atoms with Crippen LogP contribution in [0.15, 0.2) is 78.9 Å². The van der Waals surface area contributed by atoms with Crippen LogP contribution in [0.1, 0.15) is 34.7 Å². The monoisotopic (exact) mass is 553 g/mol. The lowest BCUT2D eigenvalue weighted by atomic mass is 9.96. The van der Waals surface area contributed by atoms with E-state index in [0.717, 1.165) is 37.3 Å². The zero-order chi connectivity index (χ0) is 28.8. The molecule has 0 aliphatic carbocycles. The van der Waals surface area contributed by atoms with E-state index >= 15 is 0 Å². The molecule has 2 N–H and O–H groups in total. The van der Waals surface area contributed by atoms with E-state index in [4.69, 9.17) is 0 Å². The van der Waals surface area contributed by atoms with Crippen molar-refractivity contribution in [2.24, 2.45) is 0 Å².